The van der Waals surface area contributed by atoms with Crippen molar-refractivity contribution in [3.05, 3.63) is 0 Å². The van der Waals surface area contributed by atoms with Crippen molar-refractivity contribution in [3.8, 4) is 0 Å². The van der Waals surface area contributed by atoms with E-state index in [1.807, 2.05) is 0 Å². The Morgan fingerprint density at radius 2 is 2.21 bits per heavy atom. The molecular weight excluding hydrogens is 188 g/mol. The van der Waals surface area contributed by atoms with Crippen molar-refractivity contribution in [2.24, 2.45) is 0 Å². The summed E-state index contributed by atoms with van der Waals surface area (Å²) in [6.45, 7) is 0.968. The van der Waals surface area contributed by atoms with Gasteiger partial charge in [0.15, 0.2) is 0 Å². The second kappa shape index (κ2) is 5.59. The van der Waals surface area contributed by atoms with Crippen LogP contribution in [-0.2, 0) is 19.1 Å². The predicted molar refractivity (Wildman–Crippen MR) is 46.8 cm³/mol. The molecule has 1 rings (SSSR count). The van der Waals surface area contributed by atoms with E-state index in [9.17, 15) is 9.59 Å². The molecule has 1 heterocycles. The van der Waals surface area contributed by atoms with Crippen molar-refractivity contribution in [3.63, 3.8) is 0 Å². The summed E-state index contributed by atoms with van der Waals surface area (Å²) in [6, 6.07) is 0. The quantitative estimate of drug-likeness (QED) is 0.660. The first-order valence-electron chi connectivity index (χ1n) is 4.67. The van der Waals surface area contributed by atoms with Crippen molar-refractivity contribution < 1.29 is 24.2 Å². The van der Waals surface area contributed by atoms with E-state index in [4.69, 9.17) is 14.6 Å². The lowest BCUT2D eigenvalue weighted by atomic mass is 10.2. The molecule has 0 bridgehead atoms. The highest BCUT2D eigenvalue weighted by atomic mass is 16.6. The topological polar surface area (TPSA) is 72.8 Å². The minimum atomic E-state index is -0.987. The summed E-state index contributed by atoms with van der Waals surface area (Å²) in [5.74, 6) is -1.46. The Balaban J connectivity index is 2.05. The van der Waals surface area contributed by atoms with Gasteiger partial charge in [-0.25, -0.2) is 0 Å². The van der Waals surface area contributed by atoms with E-state index in [-0.39, 0.29) is 25.6 Å². The van der Waals surface area contributed by atoms with Crippen LogP contribution in [0.4, 0.5) is 0 Å². The zero-order chi connectivity index (χ0) is 10.4. The fourth-order valence-electron chi connectivity index (χ4n) is 1.24. The molecule has 1 atom stereocenters. The standard InChI is InChI=1S/C9H14O5/c10-8(11)3-4-9(12)14-6-7-2-1-5-13-7/h7H,1-6H2,(H,10,11)/t7-/m0/s1. The van der Waals surface area contributed by atoms with E-state index < -0.39 is 11.9 Å². The minimum Gasteiger partial charge on any atom is -0.481 e. The monoisotopic (exact) mass is 202 g/mol. The summed E-state index contributed by atoms with van der Waals surface area (Å²) < 4.78 is 10.1. The molecule has 0 spiro atoms. The number of rotatable bonds is 5. The number of carboxylic acid groups (broad SMARTS) is 1. The van der Waals surface area contributed by atoms with Gasteiger partial charge in [-0.15, -0.1) is 0 Å². The largest absolute Gasteiger partial charge is 0.481 e. The first-order valence-corrected chi connectivity index (χ1v) is 4.67. The number of carbonyl (C=O) groups is 2. The molecule has 1 aliphatic heterocycles. The highest BCUT2D eigenvalue weighted by Crippen LogP contribution is 2.12. The van der Waals surface area contributed by atoms with Crippen LogP contribution < -0.4 is 0 Å². The maximum Gasteiger partial charge on any atom is 0.306 e. The number of hydrogen-bond acceptors (Lipinski definition) is 4. The maximum absolute atomic E-state index is 11.0. The van der Waals surface area contributed by atoms with Crippen LogP contribution in [0.3, 0.4) is 0 Å². The van der Waals surface area contributed by atoms with Crippen molar-refractivity contribution in [2.45, 2.75) is 31.8 Å². The Labute approximate surface area is 82.0 Å². The van der Waals surface area contributed by atoms with Gasteiger partial charge in [-0.05, 0) is 12.8 Å². The van der Waals surface area contributed by atoms with Crippen molar-refractivity contribution in [2.75, 3.05) is 13.2 Å². The number of carbonyl (C=O) groups excluding carboxylic acids is 1. The molecular formula is C9H14O5. The average molecular weight is 202 g/mol. The lowest BCUT2D eigenvalue weighted by Crippen LogP contribution is -2.18. The summed E-state index contributed by atoms with van der Waals surface area (Å²) in [5.41, 5.74) is 0. The minimum absolute atomic E-state index is 0.00350. The van der Waals surface area contributed by atoms with Gasteiger partial charge in [-0.3, -0.25) is 9.59 Å². The van der Waals surface area contributed by atoms with Crippen LogP contribution in [0.1, 0.15) is 25.7 Å². The Bertz CT molecular complexity index is 207. The lowest BCUT2D eigenvalue weighted by molar-refractivity contribution is -0.150. The van der Waals surface area contributed by atoms with E-state index in [2.05, 4.69) is 0 Å². The molecule has 0 aromatic heterocycles. The molecule has 5 nitrogen and oxygen atoms in total. The molecule has 1 fully saturated rings. The van der Waals surface area contributed by atoms with Gasteiger partial charge >= 0.3 is 11.9 Å². The first-order chi connectivity index (χ1) is 6.68. The Kier molecular flexibility index (Phi) is 4.39. The molecule has 0 radical (unpaired) electrons. The van der Waals surface area contributed by atoms with Crippen LogP contribution in [0, 0.1) is 0 Å². The molecule has 0 aromatic rings. The molecule has 0 amide bonds. The van der Waals surface area contributed by atoms with Gasteiger partial charge in [0.1, 0.15) is 6.61 Å². The van der Waals surface area contributed by atoms with Crippen LogP contribution in [0.5, 0.6) is 0 Å². The van der Waals surface area contributed by atoms with Crippen LogP contribution >= 0.6 is 0 Å². The van der Waals surface area contributed by atoms with Crippen molar-refractivity contribution in [1.82, 2.24) is 0 Å². The molecule has 5 heteroatoms. The van der Waals surface area contributed by atoms with Crippen LogP contribution in [0.15, 0.2) is 0 Å². The Hall–Kier alpha value is -1.10. The number of hydrogen-bond donors (Lipinski definition) is 1. The molecule has 0 aromatic carbocycles. The summed E-state index contributed by atoms with van der Waals surface area (Å²) in [4.78, 5) is 21.1. The highest BCUT2D eigenvalue weighted by molar-refractivity contribution is 5.76. The first kappa shape index (κ1) is 11.0. The summed E-state index contributed by atoms with van der Waals surface area (Å²) >= 11 is 0. The second-order valence-corrected chi connectivity index (χ2v) is 3.21. The van der Waals surface area contributed by atoms with E-state index in [1.54, 1.807) is 0 Å². The van der Waals surface area contributed by atoms with Crippen LogP contribution in [-0.4, -0.2) is 36.4 Å². The van der Waals surface area contributed by atoms with E-state index in [0.29, 0.717) is 0 Å². The molecule has 0 saturated carbocycles. The van der Waals surface area contributed by atoms with Gasteiger partial charge in [0, 0.05) is 6.61 Å². The van der Waals surface area contributed by atoms with Crippen LogP contribution in [0.25, 0.3) is 0 Å². The highest BCUT2D eigenvalue weighted by Gasteiger charge is 2.17. The summed E-state index contributed by atoms with van der Waals surface area (Å²) in [6.07, 6.45) is 1.67. The van der Waals surface area contributed by atoms with E-state index in [0.717, 1.165) is 19.4 Å². The molecule has 1 aliphatic rings. The normalized spacial score (nSPS) is 20.7. The van der Waals surface area contributed by atoms with Gasteiger partial charge in [0.2, 0.25) is 0 Å². The second-order valence-electron chi connectivity index (χ2n) is 3.21. The number of esters is 1. The zero-order valence-corrected chi connectivity index (χ0v) is 7.90. The molecule has 1 N–H and O–H groups in total. The lowest BCUT2D eigenvalue weighted by Gasteiger charge is -2.09. The van der Waals surface area contributed by atoms with Crippen LogP contribution in [0.2, 0.25) is 0 Å². The molecule has 0 aliphatic carbocycles. The predicted octanol–water partition coefficient (Wildman–Crippen LogP) is 0.573. The maximum atomic E-state index is 11.0. The molecule has 80 valence electrons. The Morgan fingerprint density at radius 1 is 1.43 bits per heavy atom. The average Bonchev–Trinajstić information content (AvgIpc) is 2.63. The SMILES string of the molecule is O=C(O)CCC(=O)OC[C@@H]1CCCO1. The fraction of sp³-hybridized carbons (Fsp3) is 0.778. The smallest absolute Gasteiger partial charge is 0.306 e. The van der Waals surface area contributed by atoms with Gasteiger partial charge in [0.05, 0.1) is 18.9 Å². The zero-order valence-electron chi connectivity index (χ0n) is 7.90. The van der Waals surface area contributed by atoms with Gasteiger partial charge in [-0.1, -0.05) is 0 Å². The molecule has 1 saturated heterocycles. The van der Waals surface area contributed by atoms with Gasteiger partial charge in [-0.2, -0.15) is 0 Å². The van der Waals surface area contributed by atoms with Gasteiger partial charge < -0.3 is 14.6 Å². The van der Waals surface area contributed by atoms with Crippen molar-refractivity contribution >= 4 is 11.9 Å². The van der Waals surface area contributed by atoms with E-state index >= 15 is 0 Å². The summed E-state index contributed by atoms with van der Waals surface area (Å²) in [7, 11) is 0. The third-order valence-corrected chi connectivity index (χ3v) is 2.00. The summed E-state index contributed by atoms with van der Waals surface area (Å²) in [5, 5.41) is 8.31. The Morgan fingerprint density at radius 3 is 2.79 bits per heavy atom. The third kappa shape index (κ3) is 4.23. The fourth-order valence-corrected chi connectivity index (χ4v) is 1.24. The number of aliphatic carboxylic acids is 1. The third-order valence-electron chi connectivity index (χ3n) is 2.00. The van der Waals surface area contributed by atoms with E-state index in [1.165, 1.54) is 0 Å². The number of carboxylic acids is 1. The van der Waals surface area contributed by atoms with Gasteiger partial charge in [0.25, 0.3) is 0 Å². The van der Waals surface area contributed by atoms with Crippen molar-refractivity contribution in [1.29, 1.82) is 0 Å². The number of ether oxygens (including phenoxy) is 2. The molecule has 14 heavy (non-hydrogen) atoms. The molecule has 0 unspecified atom stereocenters.